The highest BCUT2D eigenvalue weighted by molar-refractivity contribution is 6.03. The molecule has 0 radical (unpaired) electrons. The van der Waals surface area contributed by atoms with E-state index in [1.165, 1.54) is 0 Å². The Morgan fingerprint density at radius 2 is 0.983 bits per heavy atom. The van der Waals surface area contributed by atoms with Crippen LogP contribution in [-0.4, -0.2) is 82.8 Å². The fraction of sp³-hybridized carbons (Fsp3) is 0.217. The Labute approximate surface area is 335 Å². The summed E-state index contributed by atoms with van der Waals surface area (Å²) >= 11 is 0. The van der Waals surface area contributed by atoms with Crippen molar-refractivity contribution in [1.29, 1.82) is 0 Å². The number of likely N-dealkylation sites (tertiary alicyclic amines) is 2. The Kier molecular flexibility index (Phi) is 10.8. The van der Waals surface area contributed by atoms with Crippen molar-refractivity contribution in [3.05, 3.63) is 132 Å². The molecule has 4 aromatic carbocycles. The first-order chi connectivity index (χ1) is 28.3. The molecule has 0 spiro atoms. The summed E-state index contributed by atoms with van der Waals surface area (Å²) in [4.78, 5) is 66.1. The molecule has 58 heavy (non-hydrogen) atoms. The number of hydrogen-bond donors (Lipinski definition) is 2. The lowest BCUT2D eigenvalue weighted by molar-refractivity contribution is -0.120. The number of ether oxygens (including phenoxy) is 2. The summed E-state index contributed by atoms with van der Waals surface area (Å²) in [6.07, 6.45) is 6.51. The number of carbonyl (C=O) groups excluding carboxylic acids is 4. The number of fused-ring (bicyclic) bond motifs is 2. The fourth-order valence-electron chi connectivity index (χ4n) is 7.71. The number of rotatable bonds is 10. The van der Waals surface area contributed by atoms with E-state index in [0.29, 0.717) is 59.8 Å². The molecule has 0 bridgehead atoms. The first-order valence-corrected chi connectivity index (χ1v) is 19.3. The third-order valence-corrected chi connectivity index (χ3v) is 10.7. The summed E-state index contributed by atoms with van der Waals surface area (Å²) < 4.78 is 10.8. The van der Waals surface area contributed by atoms with Gasteiger partial charge in [0.25, 0.3) is 11.8 Å². The van der Waals surface area contributed by atoms with Gasteiger partial charge in [0.2, 0.25) is 11.8 Å². The molecule has 0 unspecified atom stereocenters. The van der Waals surface area contributed by atoms with Gasteiger partial charge in [0.15, 0.2) is 0 Å². The SMILES string of the molecule is COc1cccc2nc(C(=O)N3CCC[C@H]3C(=O)Nc3ccc(/C=C/c4ccc(NC(=O)[C@@H]5CCCN5C(=O)c5ccc6c(OC)cccc6n5)cc4)cc3)ccc12. The predicted octanol–water partition coefficient (Wildman–Crippen LogP) is 7.46. The first-order valence-electron chi connectivity index (χ1n) is 19.3. The van der Waals surface area contributed by atoms with Gasteiger partial charge in [0.05, 0.1) is 25.3 Å². The molecule has 2 aromatic heterocycles. The lowest BCUT2D eigenvalue weighted by atomic mass is 10.1. The van der Waals surface area contributed by atoms with Crippen LogP contribution < -0.4 is 20.1 Å². The molecule has 6 aromatic rings. The van der Waals surface area contributed by atoms with E-state index >= 15 is 0 Å². The van der Waals surface area contributed by atoms with Gasteiger partial charge in [0.1, 0.15) is 35.0 Å². The van der Waals surface area contributed by atoms with E-state index in [2.05, 4.69) is 20.6 Å². The second kappa shape index (κ2) is 16.6. The van der Waals surface area contributed by atoms with Gasteiger partial charge < -0.3 is 29.9 Å². The van der Waals surface area contributed by atoms with Crippen LogP contribution in [0.4, 0.5) is 11.4 Å². The largest absolute Gasteiger partial charge is 0.496 e. The van der Waals surface area contributed by atoms with Gasteiger partial charge in [-0.2, -0.15) is 0 Å². The summed E-state index contributed by atoms with van der Waals surface area (Å²) in [5.41, 5.74) is 5.01. The van der Waals surface area contributed by atoms with Crippen molar-refractivity contribution in [2.75, 3.05) is 37.9 Å². The number of hydrogen-bond acceptors (Lipinski definition) is 8. The van der Waals surface area contributed by atoms with E-state index in [-0.39, 0.29) is 35.0 Å². The highest BCUT2D eigenvalue weighted by Gasteiger charge is 2.36. The second-order valence-corrected chi connectivity index (χ2v) is 14.3. The van der Waals surface area contributed by atoms with E-state index in [0.717, 1.165) is 34.7 Å². The van der Waals surface area contributed by atoms with Crippen molar-refractivity contribution < 1.29 is 28.7 Å². The van der Waals surface area contributed by atoms with Crippen LogP contribution in [0.15, 0.2) is 109 Å². The number of amides is 4. The smallest absolute Gasteiger partial charge is 0.273 e. The van der Waals surface area contributed by atoms with Crippen molar-refractivity contribution in [2.45, 2.75) is 37.8 Å². The van der Waals surface area contributed by atoms with Crippen LogP contribution >= 0.6 is 0 Å². The Balaban J connectivity index is 0.846. The Bertz CT molecular complexity index is 2380. The standard InChI is InChI=1S/C46H42N6O6/c1-57-41-11-3-7-35-33(41)23-25-37(49-35)45(55)51-27-5-9-39(51)43(53)47-31-19-15-29(16-20-31)13-14-30-17-21-32(22-18-30)48-44(54)40-10-6-28-52(40)46(56)38-26-24-34-36(50-38)8-4-12-42(34)58-2/h3-4,7-8,11-26,39-40H,5-6,9-10,27-28H2,1-2H3,(H,47,53)(H,48,54)/b14-13+/t39-,40-/m0/s1. The summed E-state index contributed by atoms with van der Waals surface area (Å²) in [6, 6.07) is 31.8. The van der Waals surface area contributed by atoms with Gasteiger partial charge in [-0.3, -0.25) is 19.2 Å². The minimum atomic E-state index is -0.597. The van der Waals surface area contributed by atoms with Crippen molar-refractivity contribution in [3.63, 3.8) is 0 Å². The molecule has 12 heteroatoms. The number of anilines is 2. The van der Waals surface area contributed by atoms with Crippen molar-refractivity contribution in [1.82, 2.24) is 19.8 Å². The van der Waals surface area contributed by atoms with Crippen LogP contribution in [0.1, 0.15) is 57.8 Å². The third kappa shape index (κ3) is 7.81. The third-order valence-electron chi connectivity index (χ3n) is 10.7. The van der Waals surface area contributed by atoms with Crippen LogP contribution in [0.3, 0.4) is 0 Å². The molecule has 0 saturated carbocycles. The lowest BCUT2D eigenvalue weighted by Crippen LogP contribution is -2.43. The number of aromatic nitrogens is 2. The first kappa shape index (κ1) is 37.8. The molecular formula is C46H42N6O6. The molecule has 2 saturated heterocycles. The number of benzene rings is 4. The lowest BCUT2D eigenvalue weighted by Gasteiger charge is -2.24. The minimum Gasteiger partial charge on any atom is -0.496 e. The molecule has 0 aliphatic carbocycles. The van der Waals surface area contributed by atoms with E-state index in [9.17, 15) is 19.2 Å². The maximum absolute atomic E-state index is 13.5. The zero-order chi connectivity index (χ0) is 40.2. The molecule has 2 aliphatic rings. The summed E-state index contributed by atoms with van der Waals surface area (Å²) in [5, 5.41) is 7.59. The van der Waals surface area contributed by atoms with Crippen LogP contribution in [0.5, 0.6) is 11.5 Å². The Morgan fingerprint density at radius 3 is 1.38 bits per heavy atom. The molecule has 2 aliphatic heterocycles. The van der Waals surface area contributed by atoms with E-state index in [1.807, 2.05) is 109 Å². The van der Waals surface area contributed by atoms with Crippen molar-refractivity contribution in [3.8, 4) is 11.5 Å². The normalized spacial score (nSPS) is 16.5. The zero-order valence-corrected chi connectivity index (χ0v) is 32.2. The van der Waals surface area contributed by atoms with Gasteiger partial charge in [-0.25, -0.2) is 9.97 Å². The van der Waals surface area contributed by atoms with Crippen LogP contribution in [0, 0.1) is 0 Å². The van der Waals surface area contributed by atoms with Gasteiger partial charge in [-0.05, 0) is 110 Å². The summed E-state index contributed by atoms with van der Waals surface area (Å²) in [7, 11) is 3.19. The molecule has 8 rings (SSSR count). The van der Waals surface area contributed by atoms with Crippen molar-refractivity contribution >= 4 is 69.0 Å². The molecular weight excluding hydrogens is 733 g/mol. The molecule has 2 fully saturated rings. The Hall–Kier alpha value is -7.08. The maximum atomic E-state index is 13.5. The molecule has 2 N–H and O–H groups in total. The molecule has 2 atom stereocenters. The maximum Gasteiger partial charge on any atom is 0.273 e. The molecule has 12 nitrogen and oxygen atoms in total. The molecule has 4 heterocycles. The van der Waals surface area contributed by atoms with Gasteiger partial charge in [-0.1, -0.05) is 48.6 Å². The van der Waals surface area contributed by atoms with Crippen LogP contribution in [-0.2, 0) is 9.59 Å². The fourth-order valence-corrected chi connectivity index (χ4v) is 7.71. The highest BCUT2D eigenvalue weighted by atomic mass is 16.5. The number of nitrogens with one attached hydrogen (secondary N) is 2. The summed E-state index contributed by atoms with van der Waals surface area (Å²) in [6.45, 7) is 0.959. The van der Waals surface area contributed by atoms with E-state index < -0.39 is 12.1 Å². The average Bonchev–Trinajstić information content (AvgIpc) is 3.97. The number of methoxy groups -OCH3 is 2. The quantitative estimate of drug-likeness (QED) is 0.137. The molecule has 4 amide bonds. The molecule has 292 valence electrons. The average molecular weight is 775 g/mol. The van der Waals surface area contributed by atoms with Gasteiger partial charge in [0, 0.05) is 35.2 Å². The van der Waals surface area contributed by atoms with E-state index in [4.69, 9.17) is 9.47 Å². The van der Waals surface area contributed by atoms with Gasteiger partial charge >= 0.3 is 0 Å². The van der Waals surface area contributed by atoms with Crippen LogP contribution in [0.25, 0.3) is 34.0 Å². The number of nitrogens with zero attached hydrogens (tertiary/aromatic N) is 4. The number of carbonyl (C=O) groups is 4. The van der Waals surface area contributed by atoms with E-state index in [1.54, 1.807) is 36.2 Å². The van der Waals surface area contributed by atoms with Crippen LogP contribution in [0.2, 0.25) is 0 Å². The monoisotopic (exact) mass is 774 g/mol. The Morgan fingerprint density at radius 1 is 0.569 bits per heavy atom. The summed E-state index contributed by atoms with van der Waals surface area (Å²) in [5.74, 6) is 0.343. The number of pyridine rings is 2. The zero-order valence-electron chi connectivity index (χ0n) is 32.2. The minimum absolute atomic E-state index is 0.237. The van der Waals surface area contributed by atoms with Gasteiger partial charge in [-0.15, -0.1) is 0 Å². The predicted molar refractivity (Wildman–Crippen MR) is 224 cm³/mol. The topological polar surface area (TPSA) is 143 Å². The highest BCUT2D eigenvalue weighted by Crippen LogP contribution is 2.28. The second-order valence-electron chi connectivity index (χ2n) is 14.3. The van der Waals surface area contributed by atoms with Crippen molar-refractivity contribution in [2.24, 2.45) is 0 Å².